The number of nitrogens with one attached hydrogen (secondary N) is 1. The van der Waals surface area contributed by atoms with Crippen molar-refractivity contribution in [3.05, 3.63) is 0 Å². The van der Waals surface area contributed by atoms with Gasteiger partial charge in [-0.25, -0.2) is 0 Å². The highest BCUT2D eigenvalue weighted by Crippen LogP contribution is 2.15. The first-order valence-electron chi connectivity index (χ1n) is 6.92. The minimum Gasteiger partial charge on any atom is -0.378 e. The predicted molar refractivity (Wildman–Crippen MR) is 79.2 cm³/mol. The number of ether oxygens (including phenoxy) is 1. The summed E-state index contributed by atoms with van der Waals surface area (Å²) >= 11 is 0. The molecule has 1 amide bonds. The molecule has 116 valence electrons. The number of nitrogens with two attached hydrogens (primary N) is 1. The SMILES string of the molecule is CCNC(=O)CN(C)c1nc(N)nc(N2CCOCC2)n1. The molecule has 0 aromatic carbocycles. The number of rotatable bonds is 5. The zero-order chi connectivity index (χ0) is 15.2. The Labute approximate surface area is 123 Å². The number of morpholine rings is 1. The fourth-order valence-corrected chi connectivity index (χ4v) is 1.98. The van der Waals surface area contributed by atoms with Crippen molar-refractivity contribution in [3.63, 3.8) is 0 Å². The van der Waals surface area contributed by atoms with Crippen molar-refractivity contribution in [1.29, 1.82) is 0 Å². The van der Waals surface area contributed by atoms with Crippen molar-refractivity contribution in [1.82, 2.24) is 20.3 Å². The summed E-state index contributed by atoms with van der Waals surface area (Å²) in [4.78, 5) is 27.9. The maximum atomic E-state index is 11.6. The van der Waals surface area contributed by atoms with Crippen LogP contribution < -0.4 is 20.9 Å². The van der Waals surface area contributed by atoms with E-state index < -0.39 is 0 Å². The van der Waals surface area contributed by atoms with Gasteiger partial charge in [-0.1, -0.05) is 0 Å². The summed E-state index contributed by atoms with van der Waals surface area (Å²) < 4.78 is 5.30. The topological polar surface area (TPSA) is 110 Å². The Morgan fingerprint density at radius 3 is 2.76 bits per heavy atom. The highest BCUT2D eigenvalue weighted by molar-refractivity contribution is 5.80. The van der Waals surface area contributed by atoms with Gasteiger partial charge < -0.3 is 25.6 Å². The molecule has 0 spiro atoms. The van der Waals surface area contributed by atoms with Gasteiger partial charge in [0.15, 0.2) is 0 Å². The molecular formula is C12H21N7O2. The van der Waals surface area contributed by atoms with Crippen LogP contribution in [0.3, 0.4) is 0 Å². The van der Waals surface area contributed by atoms with Crippen LogP contribution in [0, 0.1) is 0 Å². The van der Waals surface area contributed by atoms with E-state index in [1.165, 1.54) is 0 Å². The van der Waals surface area contributed by atoms with Crippen molar-refractivity contribution < 1.29 is 9.53 Å². The molecule has 1 aliphatic heterocycles. The number of hydrogen-bond donors (Lipinski definition) is 2. The molecule has 9 heteroatoms. The van der Waals surface area contributed by atoms with Crippen LogP contribution in [0.1, 0.15) is 6.92 Å². The number of anilines is 3. The molecule has 3 N–H and O–H groups in total. The van der Waals surface area contributed by atoms with Crippen LogP contribution in [0.4, 0.5) is 17.8 Å². The van der Waals surface area contributed by atoms with Gasteiger partial charge in [0.1, 0.15) is 0 Å². The van der Waals surface area contributed by atoms with Crippen LogP contribution in [0.5, 0.6) is 0 Å². The van der Waals surface area contributed by atoms with Crippen LogP contribution in [0.2, 0.25) is 0 Å². The lowest BCUT2D eigenvalue weighted by atomic mass is 10.4. The highest BCUT2D eigenvalue weighted by Gasteiger charge is 2.18. The molecule has 1 aromatic rings. The van der Waals surface area contributed by atoms with Crippen molar-refractivity contribution >= 4 is 23.8 Å². The molecule has 0 saturated carbocycles. The average molecular weight is 295 g/mol. The van der Waals surface area contributed by atoms with E-state index in [-0.39, 0.29) is 18.4 Å². The zero-order valence-corrected chi connectivity index (χ0v) is 12.4. The first kappa shape index (κ1) is 15.2. The van der Waals surface area contributed by atoms with E-state index in [0.717, 1.165) is 0 Å². The van der Waals surface area contributed by atoms with Crippen molar-refractivity contribution in [2.75, 3.05) is 62.0 Å². The van der Waals surface area contributed by atoms with Gasteiger partial charge in [-0.15, -0.1) is 0 Å². The van der Waals surface area contributed by atoms with Crippen molar-refractivity contribution in [2.45, 2.75) is 6.92 Å². The van der Waals surface area contributed by atoms with E-state index in [1.807, 2.05) is 11.8 Å². The maximum absolute atomic E-state index is 11.6. The molecule has 1 aliphatic rings. The Morgan fingerprint density at radius 2 is 2.10 bits per heavy atom. The van der Waals surface area contributed by atoms with Crippen LogP contribution in [0.15, 0.2) is 0 Å². The fraction of sp³-hybridized carbons (Fsp3) is 0.667. The Bertz CT molecular complexity index is 490. The van der Waals surface area contributed by atoms with Crippen LogP contribution in [0.25, 0.3) is 0 Å². The summed E-state index contributed by atoms with van der Waals surface area (Å²) in [6.45, 7) is 5.32. The Morgan fingerprint density at radius 1 is 1.38 bits per heavy atom. The van der Waals surface area contributed by atoms with Gasteiger partial charge in [0.2, 0.25) is 23.8 Å². The Kier molecular flexibility index (Phi) is 5.09. The molecule has 2 heterocycles. The summed E-state index contributed by atoms with van der Waals surface area (Å²) in [5.41, 5.74) is 5.75. The van der Waals surface area contributed by atoms with Gasteiger partial charge in [-0.2, -0.15) is 15.0 Å². The first-order chi connectivity index (χ1) is 10.1. The number of amides is 1. The summed E-state index contributed by atoms with van der Waals surface area (Å²) in [6, 6.07) is 0. The van der Waals surface area contributed by atoms with Gasteiger partial charge in [0, 0.05) is 26.7 Å². The van der Waals surface area contributed by atoms with Gasteiger partial charge in [0.25, 0.3) is 0 Å². The normalized spacial score (nSPS) is 14.9. The minimum absolute atomic E-state index is 0.0908. The molecule has 0 bridgehead atoms. The average Bonchev–Trinajstić information content (AvgIpc) is 2.47. The zero-order valence-electron chi connectivity index (χ0n) is 12.4. The van der Waals surface area contributed by atoms with Crippen LogP contribution >= 0.6 is 0 Å². The van der Waals surface area contributed by atoms with E-state index in [1.54, 1.807) is 11.9 Å². The summed E-state index contributed by atoms with van der Waals surface area (Å²) in [7, 11) is 1.74. The highest BCUT2D eigenvalue weighted by atomic mass is 16.5. The van der Waals surface area contributed by atoms with E-state index >= 15 is 0 Å². The van der Waals surface area contributed by atoms with Gasteiger partial charge in [0.05, 0.1) is 19.8 Å². The molecule has 0 aliphatic carbocycles. The quantitative estimate of drug-likeness (QED) is 0.702. The van der Waals surface area contributed by atoms with Gasteiger partial charge >= 0.3 is 0 Å². The number of aromatic nitrogens is 3. The summed E-state index contributed by atoms with van der Waals surface area (Å²) in [5, 5.41) is 2.73. The predicted octanol–water partition coefficient (Wildman–Crippen LogP) is -1.14. The van der Waals surface area contributed by atoms with Crippen LogP contribution in [-0.4, -0.2) is 67.3 Å². The standard InChI is InChI=1S/C12H21N7O2/c1-3-14-9(20)8-18(2)11-15-10(13)16-12(17-11)19-4-6-21-7-5-19/h3-8H2,1-2H3,(H,14,20)(H2,13,15,16,17). The third-order valence-corrected chi connectivity index (χ3v) is 3.02. The van der Waals surface area contributed by atoms with E-state index in [2.05, 4.69) is 20.3 Å². The summed E-state index contributed by atoms with van der Waals surface area (Å²) in [5.74, 6) is 0.954. The van der Waals surface area contributed by atoms with Crippen molar-refractivity contribution in [3.8, 4) is 0 Å². The van der Waals surface area contributed by atoms with Crippen LogP contribution in [-0.2, 0) is 9.53 Å². The molecule has 9 nitrogen and oxygen atoms in total. The molecule has 0 unspecified atom stereocenters. The number of carbonyl (C=O) groups excluding carboxylic acids is 1. The second-order valence-corrected chi connectivity index (χ2v) is 4.70. The molecular weight excluding hydrogens is 274 g/mol. The second kappa shape index (κ2) is 7.02. The van der Waals surface area contributed by atoms with Gasteiger partial charge in [-0.05, 0) is 6.92 Å². The molecule has 0 atom stereocenters. The third kappa shape index (κ3) is 4.15. The molecule has 1 aromatic heterocycles. The monoisotopic (exact) mass is 295 g/mol. The van der Waals surface area contributed by atoms with E-state index in [4.69, 9.17) is 10.5 Å². The number of nitrogen functional groups attached to an aromatic ring is 1. The van der Waals surface area contributed by atoms with Crippen molar-refractivity contribution in [2.24, 2.45) is 0 Å². The first-order valence-corrected chi connectivity index (χ1v) is 6.92. The molecule has 1 saturated heterocycles. The number of carbonyl (C=O) groups is 1. The molecule has 2 rings (SSSR count). The maximum Gasteiger partial charge on any atom is 0.239 e. The third-order valence-electron chi connectivity index (χ3n) is 3.02. The number of hydrogen-bond acceptors (Lipinski definition) is 8. The summed E-state index contributed by atoms with van der Waals surface area (Å²) in [6.07, 6.45) is 0. The fourth-order valence-electron chi connectivity index (χ4n) is 1.98. The van der Waals surface area contributed by atoms with Gasteiger partial charge in [-0.3, -0.25) is 4.79 Å². The Balaban J connectivity index is 2.12. The van der Waals surface area contributed by atoms with E-state index in [9.17, 15) is 4.79 Å². The molecule has 21 heavy (non-hydrogen) atoms. The smallest absolute Gasteiger partial charge is 0.239 e. The number of nitrogens with zero attached hydrogens (tertiary/aromatic N) is 5. The number of likely N-dealkylation sites (N-methyl/N-ethyl adjacent to an activating group) is 2. The largest absolute Gasteiger partial charge is 0.378 e. The second-order valence-electron chi connectivity index (χ2n) is 4.70. The Hall–Kier alpha value is -2.16. The lowest BCUT2D eigenvalue weighted by molar-refractivity contribution is -0.119. The lowest BCUT2D eigenvalue weighted by Gasteiger charge is -2.27. The van der Waals surface area contributed by atoms with E-state index in [0.29, 0.717) is 44.7 Å². The lowest BCUT2D eigenvalue weighted by Crippen LogP contribution is -2.39. The molecule has 0 radical (unpaired) electrons. The minimum atomic E-state index is -0.0908. The molecule has 1 fully saturated rings.